The maximum Gasteiger partial charge on any atom is 0.158 e. The first-order chi connectivity index (χ1) is 5.81. The van der Waals surface area contributed by atoms with Gasteiger partial charge >= 0.3 is 0 Å². The number of hydrogen-bond donors (Lipinski definition) is 0. The molecule has 2 aromatic heterocycles. The molecule has 4 heteroatoms. The van der Waals surface area contributed by atoms with Crippen LogP contribution < -0.4 is 4.74 Å². The fourth-order valence-electron chi connectivity index (χ4n) is 1.08. The Labute approximate surface area is 69.8 Å². The molecule has 2 heterocycles. The van der Waals surface area contributed by atoms with Crippen molar-refractivity contribution in [2.75, 3.05) is 7.11 Å². The van der Waals surface area contributed by atoms with Crippen LogP contribution in [0.2, 0.25) is 0 Å². The summed E-state index contributed by atoms with van der Waals surface area (Å²) in [6.45, 7) is 1.97. The minimum absolute atomic E-state index is 0.714. The quantitative estimate of drug-likeness (QED) is 0.630. The van der Waals surface area contributed by atoms with E-state index in [1.807, 2.05) is 6.92 Å². The fourth-order valence-corrected chi connectivity index (χ4v) is 1.08. The number of aromatic nitrogens is 3. The summed E-state index contributed by atoms with van der Waals surface area (Å²) >= 11 is 0. The van der Waals surface area contributed by atoms with E-state index >= 15 is 0 Å². The second-order valence-corrected chi connectivity index (χ2v) is 2.59. The smallest absolute Gasteiger partial charge is 0.158 e. The molecule has 12 heavy (non-hydrogen) atoms. The maximum atomic E-state index is 5.01. The molecule has 0 N–H and O–H groups in total. The lowest BCUT2D eigenvalue weighted by Crippen LogP contribution is -1.92. The molecular formula is C8H9N3O. The van der Waals surface area contributed by atoms with Crippen molar-refractivity contribution < 1.29 is 4.74 Å². The summed E-state index contributed by atoms with van der Waals surface area (Å²) in [5.41, 5.74) is 1.94. The van der Waals surface area contributed by atoms with E-state index in [2.05, 4.69) is 10.1 Å². The monoisotopic (exact) mass is 163 g/mol. The first kappa shape index (κ1) is 7.09. The summed E-state index contributed by atoms with van der Waals surface area (Å²) in [5, 5.41) is 4.10. The summed E-state index contributed by atoms with van der Waals surface area (Å²) < 4.78 is 6.71. The van der Waals surface area contributed by atoms with Gasteiger partial charge in [0.1, 0.15) is 0 Å². The van der Waals surface area contributed by atoms with Crippen molar-refractivity contribution in [3.8, 4) is 5.75 Å². The highest BCUT2D eigenvalue weighted by atomic mass is 16.5. The van der Waals surface area contributed by atoms with Crippen molar-refractivity contribution in [2.45, 2.75) is 6.92 Å². The molecule has 62 valence electrons. The third-order valence-corrected chi connectivity index (χ3v) is 1.74. The molecule has 0 atom stereocenters. The molecule has 0 aliphatic rings. The average Bonchev–Trinajstić information content (AvgIpc) is 2.47. The van der Waals surface area contributed by atoms with Crippen LogP contribution in [-0.4, -0.2) is 21.7 Å². The third kappa shape index (κ3) is 0.922. The van der Waals surface area contributed by atoms with Crippen LogP contribution in [-0.2, 0) is 0 Å². The van der Waals surface area contributed by atoms with Gasteiger partial charge in [0.15, 0.2) is 11.4 Å². The van der Waals surface area contributed by atoms with Crippen molar-refractivity contribution in [1.29, 1.82) is 0 Å². The van der Waals surface area contributed by atoms with Crippen LogP contribution in [0, 0.1) is 6.92 Å². The van der Waals surface area contributed by atoms with Crippen LogP contribution in [0.5, 0.6) is 5.75 Å². The number of ether oxygens (including phenoxy) is 1. The van der Waals surface area contributed by atoms with E-state index in [1.165, 1.54) is 0 Å². The molecule has 0 fully saturated rings. The highest BCUT2D eigenvalue weighted by Crippen LogP contribution is 2.11. The number of hydrogen-bond acceptors (Lipinski definition) is 3. The van der Waals surface area contributed by atoms with Crippen LogP contribution in [0.25, 0.3) is 5.65 Å². The van der Waals surface area contributed by atoms with E-state index in [0.29, 0.717) is 5.75 Å². The lowest BCUT2D eigenvalue weighted by atomic mass is 10.4. The van der Waals surface area contributed by atoms with Crippen molar-refractivity contribution in [3.63, 3.8) is 0 Å². The zero-order valence-corrected chi connectivity index (χ0v) is 6.98. The standard InChI is InChI=1S/C8H9N3O/c1-6-3-10-11-5-7(12-2)4-9-8(6)11/h3-5H,1-2H3. The predicted octanol–water partition coefficient (Wildman–Crippen LogP) is 1.05. The molecule has 2 aromatic rings. The maximum absolute atomic E-state index is 5.01. The second kappa shape index (κ2) is 2.48. The Morgan fingerprint density at radius 3 is 3.00 bits per heavy atom. The lowest BCUT2D eigenvalue weighted by Gasteiger charge is -1.98. The van der Waals surface area contributed by atoms with E-state index in [4.69, 9.17) is 4.74 Å². The summed E-state index contributed by atoms with van der Waals surface area (Å²) in [6, 6.07) is 0. The van der Waals surface area contributed by atoms with E-state index in [1.54, 1.807) is 30.2 Å². The molecule has 0 radical (unpaired) electrons. The number of nitrogens with zero attached hydrogens (tertiary/aromatic N) is 3. The number of aryl methyl sites for hydroxylation is 1. The summed E-state index contributed by atoms with van der Waals surface area (Å²) in [4.78, 5) is 4.19. The van der Waals surface area contributed by atoms with Gasteiger partial charge in [0.05, 0.1) is 25.7 Å². The van der Waals surface area contributed by atoms with Gasteiger partial charge in [-0.05, 0) is 6.92 Å². The average molecular weight is 163 g/mol. The van der Waals surface area contributed by atoms with Gasteiger partial charge in [-0.15, -0.1) is 0 Å². The Hall–Kier alpha value is -1.58. The zero-order valence-electron chi connectivity index (χ0n) is 6.98. The van der Waals surface area contributed by atoms with Crippen LogP contribution in [0.1, 0.15) is 5.56 Å². The van der Waals surface area contributed by atoms with E-state index in [0.717, 1.165) is 11.2 Å². The van der Waals surface area contributed by atoms with Crippen LogP contribution in [0.15, 0.2) is 18.6 Å². The third-order valence-electron chi connectivity index (χ3n) is 1.74. The number of methoxy groups -OCH3 is 1. The highest BCUT2D eigenvalue weighted by Gasteiger charge is 2.00. The molecule has 0 saturated carbocycles. The van der Waals surface area contributed by atoms with Gasteiger partial charge in [-0.25, -0.2) is 9.50 Å². The Balaban J connectivity index is 2.69. The van der Waals surface area contributed by atoms with Crippen molar-refractivity contribution in [3.05, 3.63) is 24.2 Å². The molecule has 2 rings (SSSR count). The first-order valence-electron chi connectivity index (χ1n) is 3.65. The topological polar surface area (TPSA) is 39.4 Å². The van der Waals surface area contributed by atoms with Gasteiger partial charge in [0.25, 0.3) is 0 Å². The molecule has 0 aromatic carbocycles. The fraction of sp³-hybridized carbons (Fsp3) is 0.250. The molecule has 0 unspecified atom stereocenters. The highest BCUT2D eigenvalue weighted by molar-refractivity contribution is 5.45. The van der Waals surface area contributed by atoms with E-state index < -0.39 is 0 Å². The van der Waals surface area contributed by atoms with Gasteiger partial charge < -0.3 is 4.74 Å². The molecule has 0 aliphatic carbocycles. The number of fused-ring (bicyclic) bond motifs is 1. The SMILES string of the molecule is COc1cnc2c(C)cnn2c1. The Kier molecular flexibility index (Phi) is 1.46. The largest absolute Gasteiger partial charge is 0.494 e. The lowest BCUT2D eigenvalue weighted by molar-refractivity contribution is 0.409. The van der Waals surface area contributed by atoms with Gasteiger partial charge in [-0.2, -0.15) is 5.10 Å². The molecule has 0 amide bonds. The summed E-state index contributed by atoms with van der Waals surface area (Å²) in [5.74, 6) is 0.714. The van der Waals surface area contributed by atoms with Crippen molar-refractivity contribution in [2.24, 2.45) is 0 Å². The normalized spacial score (nSPS) is 10.5. The molecule has 4 nitrogen and oxygen atoms in total. The molecular weight excluding hydrogens is 154 g/mol. The summed E-state index contributed by atoms with van der Waals surface area (Å²) in [6.07, 6.45) is 5.26. The molecule has 0 spiro atoms. The van der Waals surface area contributed by atoms with Gasteiger partial charge in [-0.3, -0.25) is 0 Å². The molecule has 0 saturated heterocycles. The second-order valence-electron chi connectivity index (χ2n) is 2.59. The van der Waals surface area contributed by atoms with Crippen molar-refractivity contribution in [1.82, 2.24) is 14.6 Å². The molecule has 0 bridgehead atoms. The zero-order chi connectivity index (χ0) is 8.55. The van der Waals surface area contributed by atoms with Gasteiger partial charge in [0.2, 0.25) is 0 Å². The Bertz CT molecular complexity index is 408. The summed E-state index contributed by atoms with van der Waals surface area (Å²) in [7, 11) is 1.61. The van der Waals surface area contributed by atoms with Gasteiger partial charge in [-0.1, -0.05) is 0 Å². The van der Waals surface area contributed by atoms with Crippen molar-refractivity contribution >= 4 is 5.65 Å². The Morgan fingerprint density at radius 1 is 1.42 bits per heavy atom. The number of rotatable bonds is 1. The van der Waals surface area contributed by atoms with E-state index in [-0.39, 0.29) is 0 Å². The van der Waals surface area contributed by atoms with Crippen LogP contribution in [0.3, 0.4) is 0 Å². The predicted molar refractivity (Wildman–Crippen MR) is 44.3 cm³/mol. The Morgan fingerprint density at radius 2 is 2.25 bits per heavy atom. The van der Waals surface area contributed by atoms with Gasteiger partial charge in [0, 0.05) is 5.56 Å². The van der Waals surface area contributed by atoms with Crippen LogP contribution >= 0.6 is 0 Å². The minimum atomic E-state index is 0.714. The van der Waals surface area contributed by atoms with Crippen LogP contribution in [0.4, 0.5) is 0 Å². The first-order valence-corrected chi connectivity index (χ1v) is 3.65. The minimum Gasteiger partial charge on any atom is -0.494 e. The van der Waals surface area contributed by atoms with E-state index in [9.17, 15) is 0 Å². The molecule has 0 aliphatic heterocycles.